The summed E-state index contributed by atoms with van der Waals surface area (Å²) >= 11 is 0. The fourth-order valence-corrected chi connectivity index (χ4v) is 2.08. The van der Waals surface area contributed by atoms with Crippen LogP contribution in [0, 0.1) is 0 Å². The second-order valence-electron chi connectivity index (χ2n) is 5.49. The maximum atomic E-state index is 5.87. The summed E-state index contributed by atoms with van der Waals surface area (Å²) in [4.78, 5) is 2.52. The molecule has 0 aromatic carbocycles. The summed E-state index contributed by atoms with van der Waals surface area (Å²) < 4.78 is 5.87. The van der Waals surface area contributed by atoms with Crippen molar-refractivity contribution in [3.8, 4) is 0 Å². The first-order valence-electron chi connectivity index (χ1n) is 5.84. The van der Waals surface area contributed by atoms with Crippen LogP contribution in [0.1, 0.15) is 47.5 Å². The predicted molar refractivity (Wildman–Crippen MR) is 62.5 cm³/mol. The predicted octanol–water partition coefficient (Wildman–Crippen LogP) is 2.80. The third-order valence-electron chi connectivity index (χ3n) is 2.87. The van der Waals surface area contributed by atoms with Crippen molar-refractivity contribution in [3.63, 3.8) is 0 Å². The van der Waals surface area contributed by atoms with E-state index in [9.17, 15) is 0 Å². The number of unbranched alkanes of at least 4 members (excludes halogenated alkanes) is 1. The molecular weight excluding hydrogens is 173 g/mol. The van der Waals surface area contributed by atoms with Crippen LogP contribution in [0.2, 0.25) is 5.31 Å². The summed E-state index contributed by atoms with van der Waals surface area (Å²) in [7, 11) is 0.309. The van der Waals surface area contributed by atoms with E-state index in [1.807, 2.05) is 0 Å². The van der Waals surface area contributed by atoms with E-state index in [0.717, 1.165) is 6.61 Å². The summed E-state index contributed by atoms with van der Waals surface area (Å²) in [5.41, 5.74) is 0. The molecule has 1 saturated heterocycles. The van der Waals surface area contributed by atoms with Gasteiger partial charge in [0.25, 0.3) is 0 Å². The quantitative estimate of drug-likeness (QED) is 0.645. The highest BCUT2D eigenvalue weighted by Gasteiger charge is 2.43. The molecule has 3 heteroatoms. The first-order valence-corrected chi connectivity index (χ1v) is 5.84. The van der Waals surface area contributed by atoms with Crippen molar-refractivity contribution in [1.29, 1.82) is 0 Å². The maximum absolute atomic E-state index is 5.87. The molecule has 0 bridgehead atoms. The second-order valence-corrected chi connectivity index (χ2v) is 5.49. The Kier molecular flexibility index (Phi) is 4.02. The van der Waals surface area contributed by atoms with Gasteiger partial charge in [-0.05, 0) is 25.2 Å². The van der Waals surface area contributed by atoms with Gasteiger partial charge in [0.1, 0.15) is 0 Å². The van der Waals surface area contributed by atoms with Crippen LogP contribution in [0.5, 0.6) is 0 Å². The third-order valence-corrected chi connectivity index (χ3v) is 2.87. The molecule has 1 aliphatic heterocycles. The van der Waals surface area contributed by atoms with E-state index in [1.54, 1.807) is 0 Å². The van der Waals surface area contributed by atoms with Crippen molar-refractivity contribution in [2.45, 2.75) is 58.8 Å². The number of hydrogen-bond donors (Lipinski definition) is 0. The number of rotatable bonds is 3. The molecule has 1 fully saturated rings. The highest BCUT2D eigenvalue weighted by Crippen LogP contribution is 2.34. The molecule has 1 rings (SSSR count). The molecule has 82 valence electrons. The average Bonchev–Trinajstić information content (AvgIpc) is 2.42. The van der Waals surface area contributed by atoms with Crippen LogP contribution >= 0.6 is 0 Å². The van der Waals surface area contributed by atoms with Gasteiger partial charge in [-0.2, -0.15) is 0 Å². The van der Waals surface area contributed by atoms with E-state index < -0.39 is 0 Å². The lowest BCUT2D eigenvalue weighted by Gasteiger charge is -2.31. The van der Waals surface area contributed by atoms with E-state index in [0.29, 0.717) is 13.1 Å². The molecule has 0 amide bonds. The lowest BCUT2D eigenvalue weighted by atomic mass is 9.56. The second kappa shape index (κ2) is 4.67. The zero-order valence-corrected chi connectivity index (χ0v) is 10.3. The van der Waals surface area contributed by atoms with Gasteiger partial charge >= 0.3 is 7.05 Å². The van der Waals surface area contributed by atoms with Gasteiger partial charge in [-0.1, -0.05) is 34.1 Å². The molecule has 0 aromatic rings. The Morgan fingerprint density at radius 1 is 1.43 bits per heavy atom. The van der Waals surface area contributed by atoms with Gasteiger partial charge in [0.2, 0.25) is 0 Å². The van der Waals surface area contributed by atoms with Gasteiger partial charge in [-0.15, -0.1) is 0 Å². The summed E-state index contributed by atoms with van der Waals surface area (Å²) in [5.74, 6) is 0. The van der Waals surface area contributed by atoms with E-state index in [4.69, 9.17) is 4.65 Å². The summed E-state index contributed by atoms with van der Waals surface area (Å²) in [6, 6.07) is 0.589. The normalized spacial score (nSPS) is 24.6. The van der Waals surface area contributed by atoms with Gasteiger partial charge in [-0.25, -0.2) is 0 Å². The SMILES string of the molecule is CCCCN1B(C(C)(C)C)OCC1C. The highest BCUT2D eigenvalue weighted by atomic mass is 16.5. The van der Waals surface area contributed by atoms with Gasteiger partial charge in [-0.3, -0.25) is 0 Å². The minimum atomic E-state index is 0.235. The zero-order chi connectivity index (χ0) is 10.8. The van der Waals surface area contributed by atoms with Crippen LogP contribution in [-0.2, 0) is 4.65 Å². The molecule has 1 unspecified atom stereocenters. The van der Waals surface area contributed by atoms with Crippen molar-refractivity contribution in [3.05, 3.63) is 0 Å². The van der Waals surface area contributed by atoms with Crippen molar-refractivity contribution >= 4 is 7.05 Å². The maximum Gasteiger partial charge on any atom is 0.388 e. The Hall–Kier alpha value is -0.0151. The van der Waals surface area contributed by atoms with E-state index in [1.165, 1.54) is 19.4 Å². The summed E-state index contributed by atoms with van der Waals surface area (Å²) in [6.45, 7) is 13.4. The number of nitrogens with zero attached hydrogens (tertiary/aromatic N) is 1. The molecule has 0 aromatic heterocycles. The molecule has 1 heterocycles. The first-order chi connectivity index (χ1) is 6.46. The summed E-state index contributed by atoms with van der Waals surface area (Å²) in [6.07, 6.45) is 2.54. The van der Waals surface area contributed by atoms with E-state index >= 15 is 0 Å². The first kappa shape index (κ1) is 12.1. The van der Waals surface area contributed by atoms with Crippen LogP contribution in [0.3, 0.4) is 0 Å². The molecule has 0 aliphatic carbocycles. The Morgan fingerprint density at radius 2 is 2.07 bits per heavy atom. The monoisotopic (exact) mass is 197 g/mol. The van der Waals surface area contributed by atoms with Crippen molar-refractivity contribution in [1.82, 2.24) is 4.81 Å². The molecular formula is C11H24BNO. The summed E-state index contributed by atoms with van der Waals surface area (Å²) in [5, 5.41) is 0.235. The topological polar surface area (TPSA) is 12.5 Å². The lowest BCUT2D eigenvalue weighted by molar-refractivity contribution is 0.321. The third kappa shape index (κ3) is 2.74. The van der Waals surface area contributed by atoms with E-state index in [-0.39, 0.29) is 5.31 Å². The Labute approximate surface area is 89.1 Å². The highest BCUT2D eigenvalue weighted by molar-refractivity contribution is 6.53. The van der Waals surface area contributed by atoms with Gasteiger partial charge in [0, 0.05) is 12.6 Å². The standard InChI is InChI=1S/C11H24BNO/c1-6-7-8-13-10(2)9-14-12(13)11(3,4)5/h10H,6-9H2,1-5H3. The van der Waals surface area contributed by atoms with Crippen LogP contribution in [0.15, 0.2) is 0 Å². The molecule has 1 aliphatic rings. The minimum absolute atomic E-state index is 0.235. The molecule has 0 N–H and O–H groups in total. The van der Waals surface area contributed by atoms with Crippen LogP contribution in [-0.4, -0.2) is 31.1 Å². The fraction of sp³-hybridized carbons (Fsp3) is 1.00. The van der Waals surface area contributed by atoms with Gasteiger partial charge < -0.3 is 9.47 Å². The molecule has 0 radical (unpaired) electrons. The van der Waals surface area contributed by atoms with Gasteiger partial charge in [0.05, 0.1) is 0 Å². The molecule has 14 heavy (non-hydrogen) atoms. The van der Waals surface area contributed by atoms with Crippen LogP contribution in [0.25, 0.3) is 0 Å². The van der Waals surface area contributed by atoms with Gasteiger partial charge in [0.15, 0.2) is 0 Å². The van der Waals surface area contributed by atoms with Crippen molar-refractivity contribution < 1.29 is 4.65 Å². The molecule has 0 spiro atoms. The zero-order valence-electron chi connectivity index (χ0n) is 10.3. The Balaban J connectivity index is 2.57. The number of hydrogen-bond acceptors (Lipinski definition) is 2. The average molecular weight is 197 g/mol. The smallest absolute Gasteiger partial charge is 0.388 e. The Bertz CT molecular complexity index is 179. The Morgan fingerprint density at radius 3 is 2.57 bits per heavy atom. The van der Waals surface area contributed by atoms with Crippen molar-refractivity contribution in [2.24, 2.45) is 0 Å². The van der Waals surface area contributed by atoms with Crippen molar-refractivity contribution in [2.75, 3.05) is 13.2 Å². The largest absolute Gasteiger partial charge is 0.419 e. The molecule has 2 nitrogen and oxygen atoms in total. The van der Waals surface area contributed by atoms with Crippen LogP contribution in [0.4, 0.5) is 0 Å². The molecule has 1 atom stereocenters. The van der Waals surface area contributed by atoms with E-state index in [2.05, 4.69) is 39.4 Å². The fourth-order valence-electron chi connectivity index (χ4n) is 2.08. The molecule has 0 saturated carbocycles. The minimum Gasteiger partial charge on any atom is -0.419 e. The lowest BCUT2D eigenvalue weighted by Crippen LogP contribution is -2.45. The van der Waals surface area contributed by atoms with Crippen LogP contribution < -0.4 is 0 Å².